The van der Waals surface area contributed by atoms with Crippen LogP contribution in [0, 0.1) is 0 Å². The van der Waals surface area contributed by atoms with Crippen LogP contribution < -0.4 is 0 Å². The van der Waals surface area contributed by atoms with Gasteiger partial charge in [0.15, 0.2) is 0 Å². The van der Waals surface area contributed by atoms with Crippen molar-refractivity contribution >= 4 is 36.0 Å². The highest BCUT2D eigenvalue weighted by Gasteiger charge is 2.46. The second-order valence-electron chi connectivity index (χ2n) is 1.90. The number of aliphatic hydroxyl groups excluding tert-OH is 1. The maximum Gasteiger partial charge on any atom is 0.381 e. The van der Waals surface area contributed by atoms with Gasteiger partial charge in [-0.2, -0.15) is 0 Å². The molecule has 0 aromatic heterocycles. The van der Waals surface area contributed by atoms with E-state index in [9.17, 15) is 19.0 Å². The van der Waals surface area contributed by atoms with Crippen LogP contribution in [0.5, 0.6) is 0 Å². The van der Waals surface area contributed by atoms with Gasteiger partial charge in [-0.05, 0) is 6.26 Å². The van der Waals surface area contributed by atoms with E-state index in [1.54, 1.807) is 0 Å². The zero-order chi connectivity index (χ0) is 10.6. The summed E-state index contributed by atoms with van der Waals surface area (Å²) < 4.78 is 20.4. The van der Waals surface area contributed by atoms with Crippen LogP contribution in [-0.2, 0) is 13.9 Å². The van der Waals surface area contributed by atoms with Crippen molar-refractivity contribution in [3.8, 4) is 0 Å². The minimum absolute atomic E-state index is 0.218. The van der Waals surface area contributed by atoms with Crippen LogP contribution >= 0.6 is 30.0 Å². The normalized spacial score (nSPS) is 17.5. The van der Waals surface area contributed by atoms with Crippen molar-refractivity contribution in [2.24, 2.45) is 0 Å². The molecule has 3 N–H and O–H groups in total. The Labute approximate surface area is 82.3 Å². The summed E-state index contributed by atoms with van der Waals surface area (Å²) in [7, 11) is 0. The van der Waals surface area contributed by atoms with Crippen LogP contribution in [0.15, 0.2) is 0 Å². The van der Waals surface area contributed by atoms with E-state index in [2.05, 4.69) is 0 Å². The molecule has 9 heteroatoms. The topological polar surface area (TPSA) is 112 Å². The summed E-state index contributed by atoms with van der Waals surface area (Å²) in [6, 6.07) is 0. The van der Waals surface area contributed by atoms with Crippen LogP contribution in [-0.4, -0.2) is 37.9 Å². The Bertz CT molecular complexity index is 257. The molecule has 0 aromatic rings. The fourth-order valence-corrected chi connectivity index (χ4v) is 3.14. The molecule has 0 heterocycles. The first-order valence-corrected chi connectivity index (χ1v) is 6.73. The van der Waals surface area contributed by atoms with Crippen molar-refractivity contribution in [2.45, 2.75) is 10.4 Å². The molecule has 13 heavy (non-hydrogen) atoms. The number of carbonyl (C=O) groups is 1. The highest BCUT2D eigenvalue weighted by molar-refractivity contribution is 8.49. The summed E-state index contributed by atoms with van der Waals surface area (Å²) in [5, 5.41) is 26.7. The molecule has 6 nitrogen and oxygen atoms in total. The fraction of sp³-hybridized carbons (Fsp3) is 0.750. The van der Waals surface area contributed by atoms with Crippen LogP contribution in [0.2, 0.25) is 0 Å². The number of aliphatic hydroxyl groups is 2. The van der Waals surface area contributed by atoms with Gasteiger partial charge in [0.1, 0.15) is 5.44 Å². The number of carboxylic acid groups (broad SMARTS) is 1. The van der Waals surface area contributed by atoms with Gasteiger partial charge in [-0.15, -0.1) is 11.8 Å². The maximum atomic E-state index is 10.4. The van der Waals surface area contributed by atoms with Gasteiger partial charge in [0, 0.05) is 11.4 Å². The van der Waals surface area contributed by atoms with Gasteiger partial charge in [-0.1, -0.05) is 0 Å². The number of aliphatic carboxylic acids is 1. The first-order chi connectivity index (χ1) is 5.84. The summed E-state index contributed by atoms with van der Waals surface area (Å²) in [5.74, 6) is -1.79. The van der Waals surface area contributed by atoms with Gasteiger partial charge in [0.2, 0.25) is 0 Å². The average molecular weight is 246 g/mol. The summed E-state index contributed by atoms with van der Waals surface area (Å²) in [6.07, 6.45) is 1.34. The number of hydrogen-bond acceptors (Lipinski definition) is 7. The third kappa shape index (κ3) is 3.32. The predicted octanol–water partition coefficient (Wildman–Crippen LogP) is 0.262. The molecule has 0 saturated carbocycles. The quantitative estimate of drug-likeness (QED) is 0.468. The van der Waals surface area contributed by atoms with Crippen LogP contribution in [0.25, 0.3) is 0 Å². The lowest BCUT2D eigenvalue weighted by Crippen LogP contribution is -2.44. The lowest BCUT2D eigenvalue weighted by atomic mass is 10.4. The second-order valence-corrected chi connectivity index (χ2v) is 5.52. The maximum absolute atomic E-state index is 10.4. The van der Waals surface area contributed by atoms with Gasteiger partial charge in [-0.3, -0.25) is 0 Å². The van der Waals surface area contributed by atoms with Crippen molar-refractivity contribution in [3.05, 3.63) is 0 Å². The van der Waals surface area contributed by atoms with E-state index in [4.69, 9.17) is 10.2 Å². The highest BCUT2D eigenvalue weighted by Crippen LogP contribution is 2.42. The van der Waals surface area contributed by atoms with Crippen LogP contribution in [0.3, 0.4) is 0 Å². The Morgan fingerprint density at radius 1 is 1.54 bits per heavy atom. The zero-order valence-corrected chi connectivity index (χ0v) is 8.93. The highest BCUT2D eigenvalue weighted by atomic mass is 32.7. The van der Waals surface area contributed by atoms with E-state index < -0.39 is 23.2 Å². The van der Waals surface area contributed by atoms with Gasteiger partial charge in [0.05, 0.1) is 0 Å². The van der Waals surface area contributed by atoms with Crippen molar-refractivity contribution < 1.29 is 29.2 Å². The molecule has 0 aromatic carbocycles. The van der Waals surface area contributed by atoms with E-state index in [0.717, 1.165) is 0 Å². The average Bonchev–Trinajstić information content (AvgIpc) is 2.01. The number of carboxylic acids is 1. The molecule has 0 aliphatic heterocycles. The van der Waals surface area contributed by atoms with Crippen LogP contribution in [0.1, 0.15) is 0 Å². The van der Waals surface area contributed by atoms with Crippen molar-refractivity contribution in [1.29, 1.82) is 0 Å². The van der Waals surface area contributed by atoms with E-state index >= 15 is 0 Å². The number of thioether (sulfide) groups is 1. The molecular weight excluding hydrogens is 239 g/mol. The van der Waals surface area contributed by atoms with E-state index in [0.29, 0.717) is 11.8 Å². The SMILES string of the molecule is CSC(O)C(O)(SP(=O)=O)C(=O)O. The Morgan fingerprint density at radius 2 is 2.00 bits per heavy atom. The first kappa shape index (κ1) is 13.0. The Hall–Kier alpha value is -0.0100. The van der Waals surface area contributed by atoms with Crippen molar-refractivity contribution in [2.75, 3.05) is 6.26 Å². The molecule has 76 valence electrons. The summed E-state index contributed by atoms with van der Waals surface area (Å²) in [4.78, 5) is 7.73. The first-order valence-electron chi connectivity index (χ1n) is 2.84. The summed E-state index contributed by atoms with van der Waals surface area (Å²) in [5.41, 5.74) is -1.71. The molecule has 0 saturated heterocycles. The molecule has 2 unspecified atom stereocenters. The van der Waals surface area contributed by atoms with Gasteiger partial charge < -0.3 is 15.3 Å². The fourth-order valence-electron chi connectivity index (χ4n) is 0.463. The molecular formula is C4H7O6PS2. The Kier molecular flexibility index (Phi) is 5.01. The van der Waals surface area contributed by atoms with E-state index in [1.807, 2.05) is 0 Å². The van der Waals surface area contributed by atoms with Crippen molar-refractivity contribution in [3.63, 3.8) is 0 Å². The van der Waals surface area contributed by atoms with Crippen LogP contribution in [0.4, 0.5) is 0 Å². The zero-order valence-electron chi connectivity index (χ0n) is 6.41. The molecule has 0 rings (SSSR count). The largest absolute Gasteiger partial charge is 0.478 e. The molecule has 0 aliphatic rings. The van der Waals surface area contributed by atoms with E-state index in [1.165, 1.54) is 6.26 Å². The third-order valence-corrected chi connectivity index (χ3v) is 4.12. The minimum atomic E-state index is -3.15. The standard InChI is InChI=1S/C4H7O6PS2/c1-12-3(7)4(8,2(5)6)13-11(9)10/h3,7-8H,1H3,(H,5,6). The van der Waals surface area contributed by atoms with Gasteiger partial charge >= 0.3 is 12.9 Å². The minimum Gasteiger partial charge on any atom is -0.478 e. The molecule has 0 spiro atoms. The predicted molar refractivity (Wildman–Crippen MR) is 48.0 cm³/mol. The molecule has 0 amide bonds. The smallest absolute Gasteiger partial charge is 0.381 e. The third-order valence-electron chi connectivity index (χ3n) is 1.08. The lowest BCUT2D eigenvalue weighted by molar-refractivity contribution is -0.153. The van der Waals surface area contributed by atoms with Gasteiger partial charge in [0.25, 0.3) is 4.93 Å². The molecule has 0 aliphatic carbocycles. The van der Waals surface area contributed by atoms with E-state index in [-0.39, 0.29) is 11.4 Å². The monoisotopic (exact) mass is 246 g/mol. The number of rotatable bonds is 5. The summed E-state index contributed by atoms with van der Waals surface area (Å²) >= 11 is 0.420. The molecule has 2 atom stereocenters. The summed E-state index contributed by atoms with van der Waals surface area (Å²) in [6.45, 7) is -3.15. The Morgan fingerprint density at radius 3 is 2.23 bits per heavy atom. The van der Waals surface area contributed by atoms with Crippen molar-refractivity contribution in [1.82, 2.24) is 0 Å². The Balaban J connectivity index is 4.82. The van der Waals surface area contributed by atoms with Gasteiger partial charge in [-0.25, -0.2) is 13.9 Å². The second kappa shape index (κ2) is 5.02. The molecule has 0 bridgehead atoms. The number of hydrogen-bond donors (Lipinski definition) is 3. The lowest BCUT2D eigenvalue weighted by Gasteiger charge is -2.23. The molecule has 0 fully saturated rings. The molecule has 0 radical (unpaired) electrons.